The van der Waals surface area contributed by atoms with Gasteiger partial charge < -0.3 is 17.5 Å². The van der Waals surface area contributed by atoms with Crippen molar-refractivity contribution in [3.63, 3.8) is 0 Å². The van der Waals surface area contributed by atoms with E-state index in [4.69, 9.17) is 11.3 Å². The fourth-order valence-electron chi connectivity index (χ4n) is 7.67. The SMILES string of the molecule is Oc1cccc2cccnc12.[CH-]=C(/C=C\[C](=[Os])Oc1cccc2cccnc12)[P+](c1ccccc1)(c1ccccc1)c1ccccc1.[Cl-].c1ccc(P(c2ccccc2)c2ccccc2)cc1. The van der Waals surface area contributed by atoms with Gasteiger partial charge in [-0.2, -0.15) is 0 Å². The zero-order chi connectivity index (χ0) is 45.4. The number of hydrogen-bond donors (Lipinski definition) is 1. The van der Waals surface area contributed by atoms with Crippen molar-refractivity contribution >= 4 is 73.1 Å². The van der Waals surface area contributed by atoms with Crippen LogP contribution in [0.4, 0.5) is 0 Å². The van der Waals surface area contributed by atoms with Gasteiger partial charge in [0.15, 0.2) is 0 Å². The average Bonchev–Trinajstić information content (AvgIpc) is 3.39. The molecule has 2 heterocycles. The van der Waals surface area contributed by atoms with E-state index in [2.05, 4.69) is 174 Å². The molecule has 0 aliphatic carbocycles. The molecule has 1 N–H and O–H groups in total. The van der Waals surface area contributed by atoms with Crippen LogP contribution in [0.1, 0.15) is 0 Å². The Kier molecular flexibility index (Phi) is 17.4. The van der Waals surface area contributed by atoms with Gasteiger partial charge in [-0.05, 0) is 36.0 Å². The molecule has 0 unspecified atom stereocenters. The third-order valence-corrected chi connectivity index (χ3v) is 17.9. The van der Waals surface area contributed by atoms with E-state index in [0.717, 1.165) is 31.6 Å². The van der Waals surface area contributed by atoms with Gasteiger partial charge in [0.05, 0.1) is 0 Å². The summed E-state index contributed by atoms with van der Waals surface area (Å²) in [4.78, 5) is 8.53. The molecule has 0 aliphatic rings. The van der Waals surface area contributed by atoms with Gasteiger partial charge in [0.25, 0.3) is 0 Å². The van der Waals surface area contributed by atoms with Crippen molar-refractivity contribution in [3.8, 4) is 11.5 Å². The second-order valence-corrected chi connectivity index (χ2v) is 21.7. The molecule has 0 atom stereocenters. The van der Waals surface area contributed by atoms with Gasteiger partial charge >= 0.3 is 224 Å². The van der Waals surface area contributed by atoms with Crippen molar-refractivity contribution in [2.24, 2.45) is 0 Å². The van der Waals surface area contributed by atoms with Crippen LogP contribution in [-0.2, 0) is 18.1 Å². The maximum absolute atomic E-state index is 9.31. The first-order valence-electron chi connectivity index (χ1n) is 21.4. The topological polar surface area (TPSA) is 55.2 Å². The van der Waals surface area contributed by atoms with E-state index in [0.29, 0.717) is 5.52 Å². The second-order valence-electron chi connectivity index (χ2n) is 14.9. The minimum Gasteiger partial charge on any atom is -1.00 e. The molecule has 8 heteroatoms. The van der Waals surface area contributed by atoms with Crippen LogP contribution in [-0.4, -0.2) is 19.3 Å². The zero-order valence-electron chi connectivity index (χ0n) is 36.4. The van der Waals surface area contributed by atoms with Crippen LogP contribution in [0.15, 0.2) is 273 Å². The summed E-state index contributed by atoms with van der Waals surface area (Å²) in [6.07, 6.45) is 7.44. The largest absolute Gasteiger partial charge is 1.00 e. The number of aromatic hydroxyl groups is 1. The first kappa shape index (κ1) is 48.3. The van der Waals surface area contributed by atoms with Gasteiger partial charge in [-0.3, -0.25) is 4.98 Å². The third-order valence-electron chi connectivity index (χ3n) is 10.7. The van der Waals surface area contributed by atoms with Crippen LogP contribution in [0.2, 0.25) is 0 Å². The summed E-state index contributed by atoms with van der Waals surface area (Å²) in [6.45, 7) is 7.08. The standard InChI is InChI=1S/C32H24NOP.C18H15P.C9H7NO.ClH.Os/c1-26(14-13-25-34-31-23-11-15-27-16-12-24-33-32(27)31)35(28-17-5-2-6-18-28,29-19-7-3-8-20-29)30-21-9-4-10-22-30;1-4-10-16(11-5-1)19(17-12-6-2-7-13-17)18-14-8-3-9-15-18;11-8-5-1-3-7-4-2-6-10-9(7)8;;/h1-24H;1-15H;1-6,11H;1H;/p-1/b14-13-;;;;. The molecule has 330 valence electrons. The molecule has 0 spiro atoms. The van der Waals surface area contributed by atoms with Crippen LogP contribution in [0.3, 0.4) is 0 Å². The Morgan fingerprint density at radius 3 is 1.27 bits per heavy atom. The number of nitrogens with zero attached hydrogens (tertiary/aromatic N) is 2. The second kappa shape index (κ2) is 24.2. The van der Waals surface area contributed by atoms with E-state index in [9.17, 15) is 5.11 Å². The van der Waals surface area contributed by atoms with Crippen LogP contribution in [0.5, 0.6) is 11.5 Å². The number of allylic oxidation sites excluding steroid dienone is 2. The summed E-state index contributed by atoms with van der Waals surface area (Å²) < 4.78 is 7.00. The van der Waals surface area contributed by atoms with Gasteiger partial charge in [-0.15, -0.1) is 0 Å². The molecule has 10 rings (SSSR count). The van der Waals surface area contributed by atoms with E-state index in [1.807, 2.05) is 78.9 Å². The fraction of sp³-hybridized carbons (Fsp3) is 0. The number of halogens is 1. The van der Waals surface area contributed by atoms with Crippen molar-refractivity contribution in [1.29, 1.82) is 0 Å². The van der Waals surface area contributed by atoms with E-state index in [1.165, 1.54) is 31.8 Å². The number of aromatic nitrogens is 2. The molecule has 0 saturated heterocycles. The zero-order valence-corrected chi connectivity index (χ0v) is 41.4. The van der Waals surface area contributed by atoms with Crippen LogP contribution >= 0.6 is 15.2 Å². The van der Waals surface area contributed by atoms with Crippen molar-refractivity contribution in [2.45, 2.75) is 0 Å². The maximum atomic E-state index is 9.31. The average molecular weight is 1100 g/mol. The molecule has 10 aromatic rings. The predicted octanol–water partition coefficient (Wildman–Crippen LogP) is 8.55. The number of phenolic OH excluding ortho intramolecular Hbond substituents is 1. The Morgan fingerprint density at radius 2 is 0.836 bits per heavy atom. The van der Waals surface area contributed by atoms with Gasteiger partial charge in [-0.25, -0.2) is 0 Å². The smallest absolute Gasteiger partial charge is 0.0134 e. The van der Waals surface area contributed by atoms with E-state index >= 15 is 0 Å². The van der Waals surface area contributed by atoms with Crippen molar-refractivity contribution in [3.05, 3.63) is 279 Å². The Bertz CT molecular complexity index is 2960. The summed E-state index contributed by atoms with van der Waals surface area (Å²) in [5, 5.41) is 20.0. The Morgan fingerprint density at radius 1 is 0.463 bits per heavy atom. The maximum Gasteiger partial charge on any atom is -0.0134 e. The van der Waals surface area contributed by atoms with Crippen molar-refractivity contribution in [2.75, 3.05) is 0 Å². The van der Waals surface area contributed by atoms with Crippen LogP contribution < -0.4 is 49.0 Å². The minimum absolute atomic E-state index is 0. The Balaban J connectivity index is 0.000000177. The molecule has 0 radical (unpaired) electrons. The normalized spacial score (nSPS) is 10.8. The molecule has 4 nitrogen and oxygen atoms in total. The van der Waals surface area contributed by atoms with Gasteiger partial charge in [0, 0.05) is 11.6 Å². The fourth-order valence-corrected chi connectivity index (χ4v) is 14.4. The number of ether oxygens (including phenoxy) is 1. The first-order valence-corrected chi connectivity index (χ1v) is 25.8. The summed E-state index contributed by atoms with van der Waals surface area (Å²) in [6, 6.07) is 83.1. The molecule has 2 aromatic heterocycles. The van der Waals surface area contributed by atoms with Crippen LogP contribution in [0, 0.1) is 6.58 Å². The number of rotatable bonds is 11. The molecular formula is C59H46ClN2O2OsP2-. The summed E-state index contributed by atoms with van der Waals surface area (Å²) in [7, 11) is -2.74. The molecule has 8 aromatic carbocycles. The molecule has 0 amide bonds. The molecular weight excluding hydrogens is 1060 g/mol. The molecule has 0 bridgehead atoms. The predicted molar refractivity (Wildman–Crippen MR) is 278 cm³/mol. The number of pyridine rings is 2. The molecule has 67 heavy (non-hydrogen) atoms. The number of para-hydroxylation sites is 2. The van der Waals surface area contributed by atoms with Crippen LogP contribution in [0.25, 0.3) is 21.8 Å². The first-order chi connectivity index (χ1) is 32.5. The summed E-state index contributed by atoms with van der Waals surface area (Å²) in [5.41, 5.74) is 1.50. The van der Waals surface area contributed by atoms with Gasteiger partial charge in [0.2, 0.25) is 0 Å². The van der Waals surface area contributed by atoms with Gasteiger partial charge in [0.1, 0.15) is 11.3 Å². The molecule has 0 saturated carbocycles. The minimum atomic E-state index is -2.29. The molecule has 0 aliphatic heterocycles. The van der Waals surface area contributed by atoms with Gasteiger partial charge in [-0.1, -0.05) is 109 Å². The summed E-state index contributed by atoms with van der Waals surface area (Å²) in [5.74, 6) is 0.972. The van der Waals surface area contributed by atoms with Crippen molar-refractivity contribution < 1.29 is 40.4 Å². The van der Waals surface area contributed by atoms with Crippen molar-refractivity contribution in [1.82, 2.24) is 9.97 Å². The molecule has 0 fully saturated rings. The number of phenols is 1. The Labute approximate surface area is 411 Å². The number of fused-ring (bicyclic) bond motifs is 2. The van der Waals surface area contributed by atoms with E-state index < -0.39 is 15.2 Å². The van der Waals surface area contributed by atoms with E-state index in [1.54, 1.807) is 42.7 Å². The summed E-state index contributed by atoms with van der Waals surface area (Å²) >= 11 is 1.70. The Hall–Kier alpha value is -6.68. The number of benzene rings is 8. The third kappa shape index (κ3) is 11.8. The number of hydrogen-bond acceptors (Lipinski definition) is 4. The van der Waals surface area contributed by atoms with E-state index in [-0.39, 0.29) is 18.2 Å². The quantitative estimate of drug-likeness (QED) is 0.0803. The monoisotopic (exact) mass is 1100 g/mol.